The molecule has 5 saturated carbocycles. The molecule has 12 unspecified atom stereocenters. The van der Waals surface area contributed by atoms with Gasteiger partial charge >= 0.3 is 24.7 Å². The first-order valence-corrected chi connectivity index (χ1v) is 17.3. The van der Waals surface area contributed by atoms with E-state index in [2.05, 4.69) is 13.2 Å². The van der Waals surface area contributed by atoms with Gasteiger partial charge in [0.1, 0.15) is 12.2 Å². The Morgan fingerprint density at radius 1 is 0.480 bits per heavy atom. The van der Waals surface area contributed by atoms with Crippen LogP contribution < -0.4 is 0 Å². The van der Waals surface area contributed by atoms with Crippen molar-refractivity contribution in [3.63, 3.8) is 0 Å². The van der Waals surface area contributed by atoms with E-state index in [1.54, 1.807) is 0 Å². The van der Waals surface area contributed by atoms with Gasteiger partial charge in [-0.15, -0.1) is 0 Å². The summed E-state index contributed by atoms with van der Waals surface area (Å²) >= 11 is 0. The van der Waals surface area contributed by atoms with Gasteiger partial charge in [-0.05, 0) is 112 Å². The minimum atomic E-state index is -6.09. The molecular weight excluding hydrogens is 700 g/mol. The second-order valence-electron chi connectivity index (χ2n) is 15.3. The summed E-state index contributed by atoms with van der Waals surface area (Å²) in [4.78, 5) is 0. The van der Waals surface area contributed by atoms with Gasteiger partial charge in [-0.1, -0.05) is 26.0 Å². The van der Waals surface area contributed by atoms with Crippen LogP contribution in [0.3, 0.4) is 0 Å². The standard InChI is InChI=1S/C34H44F12O4/c1-3-49-26-14-13-25(29(47,31(35,36)37)32(38,39)40)23-15-17(9-11-19(23)26)18-10-12-22-24(16-18)27(30(48,33(41,42)43)34(44,45)46)20-7-5-6-8-21(20)28(22)50-4-2/h3-4,17-28,47-48H,1-2,5-16H2. The molecule has 50 heavy (non-hydrogen) atoms. The van der Waals surface area contributed by atoms with Crippen LogP contribution in [0.15, 0.2) is 25.7 Å². The zero-order chi connectivity index (χ0) is 37.2. The Morgan fingerprint density at radius 3 is 1.44 bits per heavy atom. The molecule has 0 heterocycles. The maximum Gasteiger partial charge on any atom is 0.426 e. The van der Waals surface area contributed by atoms with E-state index >= 15 is 0 Å². The molecule has 0 aromatic heterocycles. The van der Waals surface area contributed by atoms with E-state index in [1.807, 2.05) is 0 Å². The van der Waals surface area contributed by atoms with E-state index < -0.39 is 114 Å². The molecule has 0 spiro atoms. The fourth-order valence-corrected chi connectivity index (χ4v) is 11.4. The first-order chi connectivity index (χ1) is 23.0. The lowest BCUT2D eigenvalue weighted by atomic mass is 9.47. The molecule has 5 rings (SSSR count). The summed E-state index contributed by atoms with van der Waals surface area (Å²) in [6.07, 6.45) is -23.4. The molecule has 0 aliphatic heterocycles. The smallest absolute Gasteiger partial charge is 0.426 e. The van der Waals surface area contributed by atoms with Crippen molar-refractivity contribution in [2.24, 2.45) is 59.2 Å². The van der Waals surface area contributed by atoms with Crippen molar-refractivity contribution in [2.75, 3.05) is 0 Å². The first-order valence-electron chi connectivity index (χ1n) is 17.3. The molecule has 16 heteroatoms. The Labute approximate surface area is 282 Å². The fraction of sp³-hybridized carbons (Fsp3) is 0.882. The lowest BCUT2D eigenvalue weighted by Gasteiger charge is -2.60. The van der Waals surface area contributed by atoms with E-state index in [-0.39, 0.29) is 51.4 Å². The first kappa shape index (κ1) is 39.4. The fourth-order valence-electron chi connectivity index (χ4n) is 11.4. The molecule has 2 N–H and O–H groups in total. The van der Waals surface area contributed by atoms with Crippen LogP contribution in [0, 0.1) is 59.2 Å². The molecule has 12 atom stereocenters. The molecule has 288 valence electrons. The summed E-state index contributed by atoms with van der Waals surface area (Å²) < 4.78 is 184. The third-order valence-corrected chi connectivity index (χ3v) is 13.3. The Balaban J connectivity index is 1.53. The molecular formula is C34H44F12O4. The molecule has 0 saturated heterocycles. The average Bonchev–Trinajstić information content (AvgIpc) is 3.01. The van der Waals surface area contributed by atoms with Gasteiger partial charge < -0.3 is 19.7 Å². The average molecular weight is 745 g/mol. The summed E-state index contributed by atoms with van der Waals surface area (Å²) in [5.74, 6) is -12.3. The van der Waals surface area contributed by atoms with Gasteiger partial charge in [0.15, 0.2) is 0 Å². The zero-order valence-electron chi connectivity index (χ0n) is 27.2. The Morgan fingerprint density at radius 2 is 0.940 bits per heavy atom. The number of hydrogen-bond donors (Lipinski definition) is 2. The summed E-state index contributed by atoms with van der Waals surface area (Å²) in [7, 11) is 0. The number of aliphatic hydroxyl groups is 2. The van der Waals surface area contributed by atoms with Crippen LogP contribution >= 0.6 is 0 Å². The second-order valence-corrected chi connectivity index (χ2v) is 15.3. The number of rotatable bonds is 7. The van der Waals surface area contributed by atoms with Gasteiger partial charge in [-0.2, -0.15) is 52.7 Å². The molecule has 0 aromatic rings. The van der Waals surface area contributed by atoms with E-state index in [0.717, 1.165) is 12.5 Å². The molecule has 0 aromatic carbocycles. The number of alkyl halides is 12. The highest BCUT2D eigenvalue weighted by atomic mass is 19.4. The highest BCUT2D eigenvalue weighted by Crippen LogP contribution is 2.65. The zero-order valence-corrected chi connectivity index (χ0v) is 27.2. The molecule has 5 aliphatic rings. The van der Waals surface area contributed by atoms with Crippen molar-refractivity contribution in [3.05, 3.63) is 25.7 Å². The van der Waals surface area contributed by atoms with Crippen molar-refractivity contribution >= 4 is 0 Å². The lowest BCUT2D eigenvalue weighted by Crippen LogP contribution is -2.69. The Hall–Kier alpha value is -1.84. The second kappa shape index (κ2) is 13.5. The molecule has 5 fully saturated rings. The van der Waals surface area contributed by atoms with Gasteiger partial charge in [-0.25, -0.2) is 0 Å². The predicted octanol–water partition coefficient (Wildman–Crippen LogP) is 9.67. The highest BCUT2D eigenvalue weighted by Gasteiger charge is 2.78. The third-order valence-electron chi connectivity index (χ3n) is 13.3. The van der Waals surface area contributed by atoms with Crippen molar-refractivity contribution < 1.29 is 72.4 Å². The lowest BCUT2D eigenvalue weighted by molar-refractivity contribution is -0.403. The quantitative estimate of drug-likeness (QED) is 0.202. The largest absolute Gasteiger partial charge is 0.498 e. The van der Waals surface area contributed by atoms with Gasteiger partial charge in [-0.3, -0.25) is 0 Å². The Bertz CT molecular complexity index is 1180. The van der Waals surface area contributed by atoms with E-state index in [1.165, 1.54) is 0 Å². The minimum absolute atomic E-state index is 0.0122. The van der Waals surface area contributed by atoms with Crippen LogP contribution in [0.4, 0.5) is 52.7 Å². The molecule has 0 radical (unpaired) electrons. The topological polar surface area (TPSA) is 58.9 Å². The van der Waals surface area contributed by atoms with Crippen molar-refractivity contribution in [3.8, 4) is 0 Å². The minimum Gasteiger partial charge on any atom is -0.498 e. The van der Waals surface area contributed by atoms with E-state index in [9.17, 15) is 62.9 Å². The number of ether oxygens (including phenoxy) is 2. The van der Waals surface area contributed by atoms with Crippen LogP contribution in [0.2, 0.25) is 0 Å². The van der Waals surface area contributed by atoms with Gasteiger partial charge in [0.05, 0.1) is 12.5 Å². The third kappa shape index (κ3) is 6.31. The van der Waals surface area contributed by atoms with Crippen LogP contribution in [0.1, 0.15) is 77.0 Å². The number of fused-ring (bicyclic) bond motifs is 3. The highest BCUT2D eigenvalue weighted by molar-refractivity contribution is 5.13. The van der Waals surface area contributed by atoms with E-state index in [4.69, 9.17) is 9.47 Å². The number of halogens is 12. The van der Waals surface area contributed by atoms with Crippen molar-refractivity contribution in [1.82, 2.24) is 0 Å². The SMILES string of the molecule is C=COC1CCC(C(O)(C(F)(F)F)C(F)(F)F)C2CC(C3CCC4C(C3)C(C(O)(C(F)(F)F)C(F)(F)F)C3CCCCC3C4OC=C)CCC12. The Kier molecular flexibility index (Phi) is 10.7. The normalized spacial score (nSPS) is 39.0. The van der Waals surface area contributed by atoms with Gasteiger partial charge in [0.2, 0.25) is 0 Å². The maximum atomic E-state index is 14.6. The van der Waals surface area contributed by atoms with Crippen molar-refractivity contribution in [1.29, 1.82) is 0 Å². The summed E-state index contributed by atoms with van der Waals surface area (Å²) in [5, 5.41) is 21.4. The summed E-state index contributed by atoms with van der Waals surface area (Å²) in [6.45, 7) is 7.00. The summed E-state index contributed by atoms with van der Waals surface area (Å²) in [5.41, 5.74) is -10.1. The van der Waals surface area contributed by atoms with Crippen LogP contribution in [-0.4, -0.2) is 58.3 Å². The molecule has 4 nitrogen and oxygen atoms in total. The predicted molar refractivity (Wildman–Crippen MR) is 155 cm³/mol. The van der Waals surface area contributed by atoms with Crippen LogP contribution in [-0.2, 0) is 9.47 Å². The number of hydrogen-bond acceptors (Lipinski definition) is 4. The molecule has 5 aliphatic carbocycles. The van der Waals surface area contributed by atoms with E-state index in [0.29, 0.717) is 19.3 Å². The molecule has 0 bridgehead atoms. The maximum absolute atomic E-state index is 14.6. The van der Waals surface area contributed by atoms with Crippen LogP contribution in [0.5, 0.6) is 0 Å². The van der Waals surface area contributed by atoms with Gasteiger partial charge in [0, 0.05) is 11.8 Å². The van der Waals surface area contributed by atoms with Gasteiger partial charge in [0.25, 0.3) is 11.2 Å². The molecule has 0 amide bonds. The summed E-state index contributed by atoms with van der Waals surface area (Å²) in [6, 6.07) is 0. The monoisotopic (exact) mass is 744 g/mol. The van der Waals surface area contributed by atoms with Crippen LogP contribution in [0.25, 0.3) is 0 Å². The van der Waals surface area contributed by atoms with Crippen molar-refractivity contribution in [2.45, 2.75) is 125 Å².